The Morgan fingerprint density at radius 3 is 2.29 bits per heavy atom. The normalized spacial score (nSPS) is 18.9. The summed E-state index contributed by atoms with van der Waals surface area (Å²) >= 11 is 0. The van der Waals surface area contributed by atoms with Crippen LogP contribution in [-0.4, -0.2) is 75.9 Å². The molecule has 0 amide bonds. The van der Waals surface area contributed by atoms with Gasteiger partial charge in [0.15, 0.2) is 0 Å². The van der Waals surface area contributed by atoms with E-state index in [-0.39, 0.29) is 0 Å². The Labute approximate surface area is 132 Å². The first-order valence-electron chi connectivity index (χ1n) is 8.65. The SMILES string of the molecule is CCCN(CCN(C)C)CC1(CNC(C)C)CCOCC1. The standard InChI is InChI=1S/C17H37N3O/c1-6-9-20(11-10-19(4)5)15-17(14-18-16(2)3)7-12-21-13-8-17/h16,18H,6-15H2,1-5H3. The summed E-state index contributed by atoms with van der Waals surface area (Å²) in [7, 11) is 4.32. The van der Waals surface area contributed by atoms with E-state index in [2.05, 4.69) is 50.0 Å². The van der Waals surface area contributed by atoms with Crippen molar-refractivity contribution >= 4 is 0 Å². The van der Waals surface area contributed by atoms with Crippen molar-refractivity contribution in [2.45, 2.75) is 46.1 Å². The fourth-order valence-electron chi connectivity index (χ4n) is 3.02. The van der Waals surface area contributed by atoms with Gasteiger partial charge in [-0.3, -0.25) is 0 Å². The van der Waals surface area contributed by atoms with Gasteiger partial charge in [-0.2, -0.15) is 0 Å². The highest BCUT2D eigenvalue weighted by Crippen LogP contribution is 2.31. The summed E-state index contributed by atoms with van der Waals surface area (Å²) in [5.74, 6) is 0. The highest BCUT2D eigenvalue weighted by Gasteiger charge is 2.34. The smallest absolute Gasteiger partial charge is 0.0472 e. The minimum Gasteiger partial charge on any atom is -0.381 e. The van der Waals surface area contributed by atoms with Gasteiger partial charge in [0.25, 0.3) is 0 Å². The van der Waals surface area contributed by atoms with E-state index in [9.17, 15) is 0 Å². The Morgan fingerprint density at radius 2 is 1.76 bits per heavy atom. The van der Waals surface area contributed by atoms with Gasteiger partial charge in [0.2, 0.25) is 0 Å². The summed E-state index contributed by atoms with van der Waals surface area (Å²) in [6.07, 6.45) is 3.61. The van der Waals surface area contributed by atoms with Crippen LogP contribution in [0.5, 0.6) is 0 Å². The molecule has 0 unspecified atom stereocenters. The fraction of sp³-hybridized carbons (Fsp3) is 1.00. The van der Waals surface area contributed by atoms with Gasteiger partial charge < -0.3 is 19.9 Å². The first kappa shape index (κ1) is 18.9. The second kappa shape index (κ2) is 9.78. The number of hydrogen-bond acceptors (Lipinski definition) is 4. The Morgan fingerprint density at radius 1 is 1.10 bits per heavy atom. The zero-order valence-corrected chi connectivity index (χ0v) is 15.0. The molecule has 1 N–H and O–H groups in total. The van der Waals surface area contributed by atoms with Crippen LogP contribution < -0.4 is 5.32 Å². The fourth-order valence-corrected chi connectivity index (χ4v) is 3.02. The van der Waals surface area contributed by atoms with Gasteiger partial charge in [-0.05, 0) is 45.3 Å². The molecule has 0 spiro atoms. The first-order chi connectivity index (χ1) is 9.97. The van der Waals surface area contributed by atoms with Crippen LogP contribution >= 0.6 is 0 Å². The lowest BCUT2D eigenvalue weighted by molar-refractivity contribution is -0.00597. The minimum absolute atomic E-state index is 0.393. The largest absolute Gasteiger partial charge is 0.381 e. The third kappa shape index (κ3) is 7.59. The lowest BCUT2D eigenvalue weighted by Crippen LogP contribution is -2.49. The molecule has 1 rings (SSSR count). The van der Waals surface area contributed by atoms with Gasteiger partial charge in [-0.1, -0.05) is 20.8 Å². The molecule has 0 atom stereocenters. The van der Waals surface area contributed by atoms with E-state index in [1.807, 2.05) is 0 Å². The summed E-state index contributed by atoms with van der Waals surface area (Å²) in [5, 5.41) is 3.68. The molecular formula is C17H37N3O. The molecule has 1 heterocycles. The van der Waals surface area contributed by atoms with E-state index in [0.29, 0.717) is 11.5 Å². The first-order valence-corrected chi connectivity index (χ1v) is 8.65. The van der Waals surface area contributed by atoms with Crippen LogP contribution in [-0.2, 0) is 4.74 Å². The second-order valence-corrected chi connectivity index (χ2v) is 7.23. The summed E-state index contributed by atoms with van der Waals surface area (Å²) in [6.45, 7) is 14.5. The van der Waals surface area contributed by atoms with Crippen molar-refractivity contribution in [3.05, 3.63) is 0 Å². The summed E-state index contributed by atoms with van der Waals surface area (Å²) < 4.78 is 5.62. The van der Waals surface area contributed by atoms with E-state index in [4.69, 9.17) is 4.74 Å². The molecule has 0 aromatic rings. The van der Waals surface area contributed by atoms with Crippen LogP contribution in [0.2, 0.25) is 0 Å². The molecule has 0 aromatic carbocycles. The molecule has 1 saturated heterocycles. The molecule has 1 aliphatic rings. The number of nitrogens with one attached hydrogen (secondary N) is 1. The van der Waals surface area contributed by atoms with E-state index in [1.54, 1.807) is 0 Å². The Kier molecular flexibility index (Phi) is 8.79. The predicted octanol–water partition coefficient (Wildman–Crippen LogP) is 2.05. The van der Waals surface area contributed by atoms with Gasteiger partial charge in [0.1, 0.15) is 0 Å². The lowest BCUT2D eigenvalue weighted by Gasteiger charge is -2.42. The van der Waals surface area contributed by atoms with Crippen molar-refractivity contribution in [2.75, 3.05) is 60.0 Å². The summed E-state index contributed by atoms with van der Waals surface area (Å²) in [4.78, 5) is 4.94. The highest BCUT2D eigenvalue weighted by molar-refractivity contribution is 4.88. The van der Waals surface area contributed by atoms with Gasteiger partial charge >= 0.3 is 0 Å². The van der Waals surface area contributed by atoms with Crippen molar-refractivity contribution < 1.29 is 4.74 Å². The Balaban J connectivity index is 2.61. The molecule has 126 valence electrons. The quantitative estimate of drug-likeness (QED) is 0.668. The average Bonchev–Trinajstić information content (AvgIpc) is 2.44. The van der Waals surface area contributed by atoms with Crippen molar-refractivity contribution in [1.82, 2.24) is 15.1 Å². The van der Waals surface area contributed by atoms with E-state index in [0.717, 1.165) is 26.3 Å². The molecule has 0 aliphatic carbocycles. The van der Waals surface area contributed by atoms with E-state index < -0.39 is 0 Å². The van der Waals surface area contributed by atoms with Crippen LogP contribution in [0.4, 0.5) is 0 Å². The maximum Gasteiger partial charge on any atom is 0.0472 e. The number of hydrogen-bond donors (Lipinski definition) is 1. The van der Waals surface area contributed by atoms with Crippen LogP contribution in [0, 0.1) is 5.41 Å². The molecule has 0 radical (unpaired) electrons. The zero-order valence-electron chi connectivity index (χ0n) is 15.0. The van der Waals surface area contributed by atoms with Crippen LogP contribution in [0.1, 0.15) is 40.0 Å². The highest BCUT2D eigenvalue weighted by atomic mass is 16.5. The summed E-state index contributed by atoms with van der Waals surface area (Å²) in [5.41, 5.74) is 0.393. The van der Waals surface area contributed by atoms with Crippen molar-refractivity contribution in [3.63, 3.8) is 0 Å². The van der Waals surface area contributed by atoms with Crippen LogP contribution in [0.15, 0.2) is 0 Å². The van der Waals surface area contributed by atoms with Gasteiger partial charge in [0, 0.05) is 45.4 Å². The molecule has 0 saturated carbocycles. The molecule has 4 nitrogen and oxygen atoms in total. The zero-order chi connectivity index (χ0) is 15.7. The van der Waals surface area contributed by atoms with Gasteiger partial charge in [-0.15, -0.1) is 0 Å². The Hall–Kier alpha value is -0.160. The predicted molar refractivity (Wildman–Crippen MR) is 90.9 cm³/mol. The van der Waals surface area contributed by atoms with Crippen molar-refractivity contribution in [2.24, 2.45) is 5.41 Å². The van der Waals surface area contributed by atoms with Gasteiger partial charge in [-0.25, -0.2) is 0 Å². The number of ether oxygens (including phenoxy) is 1. The second-order valence-electron chi connectivity index (χ2n) is 7.23. The number of rotatable bonds is 10. The maximum absolute atomic E-state index is 5.62. The molecular weight excluding hydrogens is 262 g/mol. The van der Waals surface area contributed by atoms with Crippen LogP contribution in [0.3, 0.4) is 0 Å². The Bertz CT molecular complexity index is 263. The molecule has 0 aromatic heterocycles. The number of nitrogens with zero attached hydrogens (tertiary/aromatic N) is 2. The molecule has 1 fully saturated rings. The third-order valence-electron chi connectivity index (χ3n) is 4.40. The minimum atomic E-state index is 0.393. The monoisotopic (exact) mass is 299 g/mol. The van der Waals surface area contributed by atoms with Crippen molar-refractivity contribution in [1.29, 1.82) is 0 Å². The van der Waals surface area contributed by atoms with Crippen molar-refractivity contribution in [3.8, 4) is 0 Å². The topological polar surface area (TPSA) is 27.7 Å². The third-order valence-corrected chi connectivity index (χ3v) is 4.40. The summed E-state index contributed by atoms with van der Waals surface area (Å²) in [6, 6.07) is 0.561. The molecule has 1 aliphatic heterocycles. The van der Waals surface area contributed by atoms with Crippen LogP contribution in [0.25, 0.3) is 0 Å². The molecule has 21 heavy (non-hydrogen) atoms. The molecule has 0 bridgehead atoms. The lowest BCUT2D eigenvalue weighted by atomic mass is 9.79. The molecule has 4 heteroatoms. The van der Waals surface area contributed by atoms with E-state index in [1.165, 1.54) is 38.9 Å². The van der Waals surface area contributed by atoms with E-state index >= 15 is 0 Å². The van der Waals surface area contributed by atoms with Gasteiger partial charge in [0.05, 0.1) is 0 Å². The number of likely N-dealkylation sites (N-methyl/N-ethyl adjacent to an activating group) is 1. The average molecular weight is 300 g/mol. The maximum atomic E-state index is 5.62.